The second-order valence-electron chi connectivity index (χ2n) is 3.97. The fourth-order valence-corrected chi connectivity index (χ4v) is 2.01. The van der Waals surface area contributed by atoms with Crippen LogP contribution >= 0.6 is 0 Å². The highest BCUT2D eigenvalue weighted by Crippen LogP contribution is 2.37. The van der Waals surface area contributed by atoms with Crippen LogP contribution in [-0.2, 0) is 9.53 Å². The van der Waals surface area contributed by atoms with Crippen LogP contribution in [0.4, 0.5) is 0 Å². The average molecular weight is 218 g/mol. The summed E-state index contributed by atoms with van der Waals surface area (Å²) >= 11 is 0. The van der Waals surface area contributed by atoms with E-state index in [9.17, 15) is 9.90 Å². The van der Waals surface area contributed by atoms with Gasteiger partial charge in [0.25, 0.3) is 0 Å². The van der Waals surface area contributed by atoms with Gasteiger partial charge in [-0.05, 0) is 24.1 Å². The number of carbonyl (C=O) groups is 1. The molecule has 0 bridgehead atoms. The molecule has 1 aliphatic rings. The highest BCUT2D eigenvalue weighted by molar-refractivity contribution is 5.67. The minimum atomic E-state index is -0.608. The number of esters is 1. The molecule has 1 aromatic carbocycles. The van der Waals surface area contributed by atoms with Gasteiger partial charge in [-0.1, -0.05) is 24.3 Å². The van der Waals surface area contributed by atoms with Crippen molar-refractivity contribution in [3.05, 3.63) is 47.0 Å². The van der Waals surface area contributed by atoms with E-state index in [0.29, 0.717) is 0 Å². The summed E-state index contributed by atoms with van der Waals surface area (Å²) in [6, 6.07) is 7.46. The first-order valence-corrected chi connectivity index (χ1v) is 5.22. The van der Waals surface area contributed by atoms with E-state index in [1.54, 1.807) is 6.08 Å². The van der Waals surface area contributed by atoms with Crippen molar-refractivity contribution in [2.24, 2.45) is 0 Å². The van der Waals surface area contributed by atoms with Gasteiger partial charge in [0, 0.05) is 12.5 Å². The molecular formula is C13H14O3. The number of benzene rings is 1. The SMILES string of the molecule is CC(=O)OC1C(C)=CC(O)c2ccccc21. The molecule has 84 valence electrons. The standard InChI is InChI=1S/C13H14O3/c1-8-7-12(15)10-5-3-4-6-11(10)13(8)16-9(2)14/h3-7,12-13,15H,1-2H3. The zero-order valence-electron chi connectivity index (χ0n) is 9.31. The Balaban J connectivity index is 2.45. The van der Waals surface area contributed by atoms with E-state index in [2.05, 4.69) is 0 Å². The fraction of sp³-hybridized carbons (Fsp3) is 0.308. The Kier molecular flexibility index (Phi) is 2.79. The number of hydrogen-bond acceptors (Lipinski definition) is 3. The van der Waals surface area contributed by atoms with Crippen molar-refractivity contribution in [3.63, 3.8) is 0 Å². The number of carbonyl (C=O) groups excluding carboxylic acids is 1. The van der Waals surface area contributed by atoms with E-state index in [0.717, 1.165) is 16.7 Å². The molecule has 1 aromatic rings. The molecule has 3 heteroatoms. The topological polar surface area (TPSA) is 46.5 Å². The highest BCUT2D eigenvalue weighted by atomic mass is 16.5. The van der Waals surface area contributed by atoms with E-state index < -0.39 is 6.10 Å². The second-order valence-corrected chi connectivity index (χ2v) is 3.97. The Morgan fingerprint density at radius 2 is 1.94 bits per heavy atom. The lowest BCUT2D eigenvalue weighted by atomic mass is 9.88. The first-order chi connectivity index (χ1) is 7.59. The molecule has 2 rings (SSSR count). The van der Waals surface area contributed by atoms with Crippen molar-refractivity contribution in [3.8, 4) is 0 Å². The lowest BCUT2D eigenvalue weighted by Crippen LogP contribution is -2.17. The predicted octanol–water partition coefficient (Wildman–Crippen LogP) is 2.28. The Labute approximate surface area is 94.4 Å². The summed E-state index contributed by atoms with van der Waals surface area (Å²) in [4.78, 5) is 11.0. The van der Waals surface area contributed by atoms with Crippen LogP contribution in [0.3, 0.4) is 0 Å². The lowest BCUT2D eigenvalue weighted by molar-refractivity contribution is -0.145. The van der Waals surface area contributed by atoms with Crippen LogP contribution in [0, 0.1) is 0 Å². The summed E-state index contributed by atoms with van der Waals surface area (Å²) in [5.41, 5.74) is 2.53. The second kappa shape index (κ2) is 4.10. The largest absolute Gasteiger partial charge is 0.453 e. The monoisotopic (exact) mass is 218 g/mol. The van der Waals surface area contributed by atoms with Gasteiger partial charge in [-0.3, -0.25) is 4.79 Å². The summed E-state index contributed by atoms with van der Waals surface area (Å²) < 4.78 is 5.26. The third-order valence-corrected chi connectivity index (χ3v) is 2.72. The van der Waals surface area contributed by atoms with Crippen LogP contribution in [-0.4, -0.2) is 11.1 Å². The van der Waals surface area contributed by atoms with Crippen molar-refractivity contribution in [2.75, 3.05) is 0 Å². The molecule has 0 saturated carbocycles. The Hall–Kier alpha value is -1.61. The molecule has 0 aromatic heterocycles. The van der Waals surface area contributed by atoms with Gasteiger partial charge in [-0.2, -0.15) is 0 Å². The average Bonchev–Trinajstić information content (AvgIpc) is 2.24. The smallest absolute Gasteiger partial charge is 0.303 e. The van der Waals surface area contributed by atoms with Gasteiger partial charge in [0.15, 0.2) is 0 Å². The normalized spacial score (nSPS) is 23.3. The summed E-state index contributed by atoms with van der Waals surface area (Å²) in [5.74, 6) is -0.316. The number of rotatable bonds is 1. The van der Waals surface area contributed by atoms with Gasteiger partial charge in [-0.15, -0.1) is 0 Å². The minimum absolute atomic E-state index is 0.316. The van der Waals surface area contributed by atoms with E-state index in [-0.39, 0.29) is 12.1 Å². The van der Waals surface area contributed by atoms with Crippen LogP contribution in [0.5, 0.6) is 0 Å². The Morgan fingerprint density at radius 3 is 2.56 bits per heavy atom. The molecular weight excluding hydrogens is 204 g/mol. The molecule has 1 N–H and O–H groups in total. The van der Waals surface area contributed by atoms with Crippen molar-refractivity contribution in [1.29, 1.82) is 0 Å². The van der Waals surface area contributed by atoms with Crippen molar-refractivity contribution in [2.45, 2.75) is 26.1 Å². The highest BCUT2D eigenvalue weighted by Gasteiger charge is 2.26. The van der Waals surface area contributed by atoms with Gasteiger partial charge in [0.1, 0.15) is 6.10 Å². The molecule has 0 saturated heterocycles. The van der Waals surface area contributed by atoms with Crippen molar-refractivity contribution < 1.29 is 14.6 Å². The van der Waals surface area contributed by atoms with Gasteiger partial charge in [-0.25, -0.2) is 0 Å². The molecule has 0 aliphatic heterocycles. The number of aliphatic hydroxyl groups is 1. The van der Waals surface area contributed by atoms with Crippen LogP contribution in [0.25, 0.3) is 0 Å². The quantitative estimate of drug-likeness (QED) is 0.581. The summed E-state index contributed by atoms with van der Waals surface area (Å²) in [5, 5.41) is 9.87. The van der Waals surface area contributed by atoms with E-state index >= 15 is 0 Å². The molecule has 2 unspecified atom stereocenters. The summed E-state index contributed by atoms with van der Waals surface area (Å²) in [6.45, 7) is 3.24. The van der Waals surface area contributed by atoms with Crippen molar-refractivity contribution in [1.82, 2.24) is 0 Å². The zero-order chi connectivity index (χ0) is 11.7. The zero-order valence-corrected chi connectivity index (χ0v) is 9.31. The number of hydrogen-bond donors (Lipinski definition) is 1. The number of fused-ring (bicyclic) bond motifs is 1. The molecule has 1 aliphatic carbocycles. The molecule has 3 nitrogen and oxygen atoms in total. The van der Waals surface area contributed by atoms with Crippen LogP contribution in [0.1, 0.15) is 37.2 Å². The summed E-state index contributed by atoms with van der Waals surface area (Å²) in [7, 11) is 0. The van der Waals surface area contributed by atoms with E-state index in [1.165, 1.54) is 6.92 Å². The van der Waals surface area contributed by atoms with Crippen LogP contribution < -0.4 is 0 Å². The Morgan fingerprint density at radius 1 is 1.31 bits per heavy atom. The third-order valence-electron chi connectivity index (χ3n) is 2.72. The summed E-state index contributed by atoms with van der Waals surface area (Å²) in [6.07, 6.45) is 0.746. The number of aliphatic hydroxyl groups excluding tert-OH is 1. The maximum atomic E-state index is 11.0. The van der Waals surface area contributed by atoms with E-state index in [4.69, 9.17) is 4.74 Å². The van der Waals surface area contributed by atoms with E-state index in [1.807, 2.05) is 31.2 Å². The molecule has 0 radical (unpaired) electrons. The van der Waals surface area contributed by atoms with Gasteiger partial charge < -0.3 is 9.84 Å². The first kappa shape index (κ1) is 10.9. The molecule has 16 heavy (non-hydrogen) atoms. The Bertz CT molecular complexity index is 448. The minimum Gasteiger partial charge on any atom is -0.453 e. The maximum Gasteiger partial charge on any atom is 0.303 e. The van der Waals surface area contributed by atoms with Gasteiger partial charge in [0.05, 0.1) is 6.10 Å². The molecule has 0 amide bonds. The molecule has 2 atom stereocenters. The molecule has 0 fully saturated rings. The van der Waals surface area contributed by atoms with Gasteiger partial charge >= 0.3 is 5.97 Å². The molecule has 0 spiro atoms. The fourth-order valence-electron chi connectivity index (χ4n) is 2.01. The van der Waals surface area contributed by atoms with Crippen molar-refractivity contribution >= 4 is 5.97 Å². The van der Waals surface area contributed by atoms with Crippen LogP contribution in [0.2, 0.25) is 0 Å². The number of ether oxygens (including phenoxy) is 1. The first-order valence-electron chi connectivity index (χ1n) is 5.22. The lowest BCUT2D eigenvalue weighted by Gasteiger charge is -2.27. The molecule has 0 heterocycles. The van der Waals surface area contributed by atoms with Gasteiger partial charge in [0.2, 0.25) is 0 Å². The van der Waals surface area contributed by atoms with Crippen LogP contribution in [0.15, 0.2) is 35.9 Å². The predicted molar refractivity (Wildman–Crippen MR) is 59.7 cm³/mol. The third kappa shape index (κ3) is 1.86. The maximum absolute atomic E-state index is 11.0.